The third-order valence-electron chi connectivity index (χ3n) is 7.74. The van der Waals surface area contributed by atoms with Crippen LogP contribution < -0.4 is 16.8 Å². The van der Waals surface area contributed by atoms with Crippen LogP contribution in [0.1, 0.15) is 75.0 Å². The minimum absolute atomic E-state index is 0.0720. The number of rotatable bonds is 8. The van der Waals surface area contributed by atoms with Crippen molar-refractivity contribution in [3.63, 3.8) is 0 Å². The quantitative estimate of drug-likeness (QED) is 0.325. The molecule has 12 heteroatoms. The highest BCUT2D eigenvalue weighted by Gasteiger charge is 2.46. The molecule has 2 aliphatic rings. The highest BCUT2D eigenvalue weighted by molar-refractivity contribution is 5.94. The van der Waals surface area contributed by atoms with Crippen molar-refractivity contribution < 1.29 is 14.4 Å². The average Bonchev–Trinajstić information content (AvgIpc) is 3.63. The second-order valence-corrected chi connectivity index (χ2v) is 10.2. The zero-order chi connectivity index (χ0) is 27.7. The molecule has 200 valence electrons. The summed E-state index contributed by atoms with van der Waals surface area (Å²) in [7, 11) is 0. The predicted molar refractivity (Wildman–Crippen MR) is 139 cm³/mol. The predicted octanol–water partition coefficient (Wildman–Crippen LogP) is 0.519. The van der Waals surface area contributed by atoms with Crippen molar-refractivity contribution in [1.29, 1.82) is 5.26 Å². The van der Waals surface area contributed by atoms with Gasteiger partial charge in [0, 0.05) is 23.7 Å². The van der Waals surface area contributed by atoms with E-state index in [1.165, 1.54) is 0 Å². The molecule has 6 N–H and O–H groups in total. The lowest BCUT2D eigenvalue weighted by atomic mass is 9.63. The van der Waals surface area contributed by atoms with Crippen LogP contribution in [0, 0.1) is 11.3 Å². The zero-order valence-corrected chi connectivity index (χ0v) is 21.5. The number of primary amides is 2. The molecule has 0 spiro atoms. The Labute approximate surface area is 224 Å². The minimum Gasteiger partial charge on any atom is -0.366 e. The summed E-state index contributed by atoms with van der Waals surface area (Å²) >= 11 is 0. The maximum absolute atomic E-state index is 12.9. The van der Waals surface area contributed by atoms with E-state index in [1.54, 1.807) is 29.2 Å². The molecule has 3 aromatic rings. The van der Waals surface area contributed by atoms with Gasteiger partial charge in [-0.3, -0.25) is 14.4 Å². The van der Waals surface area contributed by atoms with Gasteiger partial charge in [-0.2, -0.15) is 10.5 Å². The zero-order valence-electron chi connectivity index (χ0n) is 21.5. The first-order valence-corrected chi connectivity index (χ1v) is 12.8. The molecule has 0 radical (unpaired) electrons. The number of hydrogen-bond donors (Lipinski definition) is 4. The van der Waals surface area contributed by atoms with Crippen LogP contribution in [-0.2, 0) is 16.6 Å². The highest BCUT2D eigenvalue weighted by atomic mass is 16.2. The van der Waals surface area contributed by atoms with Gasteiger partial charge >= 0.3 is 0 Å². The molecule has 1 saturated heterocycles. The Morgan fingerprint density at radius 2 is 1.79 bits per heavy atom. The van der Waals surface area contributed by atoms with Crippen LogP contribution in [0.25, 0.3) is 0 Å². The topological polar surface area (TPSA) is 197 Å². The van der Waals surface area contributed by atoms with E-state index in [-0.39, 0.29) is 18.5 Å². The molecule has 2 atom stereocenters. The molecule has 5 rings (SSSR count). The fraction of sp³-hybridized carbons (Fsp3) is 0.370. The first kappa shape index (κ1) is 26.0. The highest BCUT2D eigenvalue weighted by Crippen LogP contribution is 2.48. The fourth-order valence-corrected chi connectivity index (χ4v) is 5.96. The van der Waals surface area contributed by atoms with Gasteiger partial charge in [-0.1, -0.05) is 17.3 Å². The van der Waals surface area contributed by atoms with Gasteiger partial charge in [0.25, 0.3) is 0 Å². The Bertz CT molecular complexity index is 1410. The Balaban J connectivity index is 1.56. The molecule has 0 bridgehead atoms. The van der Waals surface area contributed by atoms with Gasteiger partial charge < -0.3 is 21.7 Å². The number of nitrogens with zero attached hydrogens (tertiary/aromatic N) is 5. The summed E-state index contributed by atoms with van der Waals surface area (Å²) in [6.45, 7) is 2.61. The number of H-pyrrole nitrogens is 1. The van der Waals surface area contributed by atoms with Gasteiger partial charge in [0.2, 0.25) is 17.7 Å². The standard InChI is InChI=1S/C27H29N9O3/c1-15(31-14-23(37)36-8-2-3-20(36)13-28)12-27(26-32-34-35-33-26)21-6-4-16(24(29)38)9-18(21)11-19-10-17(25(30)39)5-7-22(19)27/h4-7,9-10,15,20,31H,2-3,8,11-12,14H2,1H3,(H2,29,38)(H2,30,39)(H,32,33,34,35)/t15-,20-/m0/s1. The number of aromatic nitrogens is 4. The normalized spacial score (nSPS) is 18.1. The molecule has 0 saturated carbocycles. The Hall–Kier alpha value is -4.63. The Kier molecular flexibility index (Phi) is 6.84. The molecular weight excluding hydrogens is 498 g/mol. The maximum Gasteiger partial charge on any atom is 0.248 e. The first-order chi connectivity index (χ1) is 18.7. The summed E-state index contributed by atoms with van der Waals surface area (Å²) in [5, 5.41) is 27.9. The van der Waals surface area contributed by atoms with Crippen LogP contribution >= 0.6 is 0 Å². The van der Waals surface area contributed by atoms with Gasteiger partial charge in [0.15, 0.2) is 5.82 Å². The molecule has 1 aromatic heterocycles. The smallest absolute Gasteiger partial charge is 0.248 e. The van der Waals surface area contributed by atoms with E-state index in [1.807, 2.05) is 19.1 Å². The van der Waals surface area contributed by atoms with Crippen molar-refractivity contribution in [2.75, 3.05) is 13.1 Å². The van der Waals surface area contributed by atoms with E-state index in [0.29, 0.717) is 42.8 Å². The van der Waals surface area contributed by atoms with E-state index < -0.39 is 23.3 Å². The number of nitrogens with two attached hydrogens (primary N) is 2. The summed E-state index contributed by atoms with van der Waals surface area (Å²) in [5.41, 5.74) is 14.4. The number of carbonyl (C=O) groups is 3. The number of tetrazole rings is 1. The van der Waals surface area contributed by atoms with Gasteiger partial charge in [-0.05, 0) is 79.1 Å². The van der Waals surface area contributed by atoms with Crippen molar-refractivity contribution in [2.45, 2.75) is 50.1 Å². The molecule has 1 aliphatic carbocycles. The molecule has 12 nitrogen and oxygen atoms in total. The summed E-state index contributed by atoms with van der Waals surface area (Å²) in [6.07, 6.45) is 2.37. The third-order valence-corrected chi connectivity index (χ3v) is 7.74. The summed E-state index contributed by atoms with van der Waals surface area (Å²) in [6, 6.07) is 12.2. The van der Waals surface area contributed by atoms with Gasteiger partial charge in [-0.25, -0.2) is 0 Å². The lowest BCUT2D eigenvalue weighted by Crippen LogP contribution is -2.46. The number of nitriles is 1. The van der Waals surface area contributed by atoms with Gasteiger partial charge in [0.1, 0.15) is 6.04 Å². The summed E-state index contributed by atoms with van der Waals surface area (Å²) in [5.74, 6) is -0.815. The van der Waals surface area contributed by atoms with Crippen LogP contribution in [0.2, 0.25) is 0 Å². The third kappa shape index (κ3) is 4.61. The number of hydrogen-bond acceptors (Lipinski definition) is 8. The lowest BCUT2D eigenvalue weighted by Gasteiger charge is -2.41. The van der Waals surface area contributed by atoms with Crippen molar-refractivity contribution in [3.8, 4) is 6.07 Å². The molecule has 2 heterocycles. The van der Waals surface area contributed by atoms with Crippen LogP contribution in [0.15, 0.2) is 36.4 Å². The number of aromatic amines is 1. The monoisotopic (exact) mass is 527 g/mol. The van der Waals surface area contributed by atoms with Crippen molar-refractivity contribution in [2.24, 2.45) is 11.5 Å². The Morgan fingerprint density at radius 3 is 2.33 bits per heavy atom. The van der Waals surface area contributed by atoms with Crippen LogP contribution in [0.4, 0.5) is 0 Å². The number of nitrogens with one attached hydrogen (secondary N) is 2. The van der Waals surface area contributed by atoms with Gasteiger partial charge in [0.05, 0.1) is 18.0 Å². The van der Waals surface area contributed by atoms with E-state index in [9.17, 15) is 19.6 Å². The van der Waals surface area contributed by atoms with Crippen molar-refractivity contribution in [3.05, 3.63) is 75.6 Å². The van der Waals surface area contributed by atoms with E-state index in [2.05, 4.69) is 32.0 Å². The molecule has 2 aromatic carbocycles. The second-order valence-electron chi connectivity index (χ2n) is 10.2. The van der Waals surface area contributed by atoms with E-state index >= 15 is 0 Å². The molecule has 1 fully saturated rings. The average molecular weight is 528 g/mol. The van der Waals surface area contributed by atoms with Crippen molar-refractivity contribution in [1.82, 2.24) is 30.8 Å². The number of carbonyl (C=O) groups excluding carboxylic acids is 3. The molecular formula is C27H29N9O3. The number of fused-ring (bicyclic) bond motifs is 2. The molecule has 39 heavy (non-hydrogen) atoms. The summed E-state index contributed by atoms with van der Waals surface area (Å²) in [4.78, 5) is 38.5. The van der Waals surface area contributed by atoms with Crippen LogP contribution in [0.3, 0.4) is 0 Å². The largest absolute Gasteiger partial charge is 0.366 e. The number of benzene rings is 2. The lowest BCUT2D eigenvalue weighted by molar-refractivity contribution is -0.130. The fourth-order valence-electron chi connectivity index (χ4n) is 5.96. The SMILES string of the molecule is C[C@@H](CC1(c2nn[nH]n2)c2ccc(C(N)=O)cc2Cc2cc(C(N)=O)ccc21)NCC(=O)N1CCC[C@H]1C#N. The van der Waals surface area contributed by atoms with E-state index in [0.717, 1.165) is 28.7 Å². The minimum atomic E-state index is -0.930. The molecule has 0 unspecified atom stereocenters. The first-order valence-electron chi connectivity index (χ1n) is 12.8. The van der Waals surface area contributed by atoms with Crippen LogP contribution in [-0.4, -0.2) is 68.4 Å². The molecule has 3 amide bonds. The Morgan fingerprint density at radius 1 is 1.15 bits per heavy atom. The van der Waals surface area contributed by atoms with Gasteiger partial charge in [-0.15, -0.1) is 10.2 Å². The van der Waals surface area contributed by atoms with Crippen molar-refractivity contribution >= 4 is 17.7 Å². The molecule has 1 aliphatic heterocycles. The maximum atomic E-state index is 12.9. The summed E-state index contributed by atoms with van der Waals surface area (Å²) < 4.78 is 0. The van der Waals surface area contributed by atoms with Crippen LogP contribution in [0.5, 0.6) is 0 Å². The second kappa shape index (κ2) is 10.3. The number of amides is 3. The van der Waals surface area contributed by atoms with E-state index in [4.69, 9.17) is 11.5 Å². The number of likely N-dealkylation sites (tertiary alicyclic amines) is 1.